The molecular weight excluding hydrogens is 322 g/mol. The van der Waals surface area contributed by atoms with Gasteiger partial charge in [-0.05, 0) is 37.5 Å². The standard InChI is InChI=1S/2C8H16O2.Zn/c2*1-3-5-7(6-4-2)8(9)10;/h2*7H,3-6H2,1-2H3,(H,9,10);/q;;+2/p-2. The number of carbonyl (C=O) groups is 2. The quantitative estimate of drug-likeness (QED) is 0.563. The molecule has 120 valence electrons. The van der Waals surface area contributed by atoms with E-state index in [9.17, 15) is 19.8 Å². The maximum atomic E-state index is 10.4. The van der Waals surface area contributed by atoms with E-state index in [1.165, 1.54) is 0 Å². The van der Waals surface area contributed by atoms with E-state index in [4.69, 9.17) is 0 Å². The summed E-state index contributed by atoms with van der Waals surface area (Å²) in [4.78, 5) is 20.7. The zero-order valence-corrected chi connectivity index (χ0v) is 17.1. The summed E-state index contributed by atoms with van der Waals surface area (Å²) in [6.07, 6.45) is 6.76. The van der Waals surface area contributed by atoms with E-state index >= 15 is 0 Å². The molecule has 0 aliphatic rings. The maximum Gasteiger partial charge on any atom is 2.00 e. The molecule has 0 aliphatic heterocycles. The second-order valence-corrected chi connectivity index (χ2v) is 5.19. The van der Waals surface area contributed by atoms with Gasteiger partial charge in [-0.3, -0.25) is 0 Å². The van der Waals surface area contributed by atoms with Crippen molar-refractivity contribution in [3.8, 4) is 0 Å². The Morgan fingerprint density at radius 3 is 0.952 bits per heavy atom. The van der Waals surface area contributed by atoms with E-state index in [-0.39, 0.29) is 31.3 Å². The van der Waals surface area contributed by atoms with Gasteiger partial charge >= 0.3 is 19.5 Å². The third-order valence-electron chi connectivity index (χ3n) is 3.22. The van der Waals surface area contributed by atoms with Gasteiger partial charge in [-0.25, -0.2) is 0 Å². The molecule has 0 amide bonds. The van der Waals surface area contributed by atoms with E-state index < -0.39 is 11.9 Å². The molecule has 0 N–H and O–H groups in total. The first kappa shape index (κ1) is 25.5. The average Bonchev–Trinajstić information content (AvgIpc) is 2.38. The Hall–Kier alpha value is -0.437. The first-order chi connectivity index (χ1) is 9.44. The van der Waals surface area contributed by atoms with Crippen LogP contribution in [0.2, 0.25) is 0 Å². The summed E-state index contributed by atoms with van der Waals surface area (Å²) in [5.74, 6) is -2.20. The van der Waals surface area contributed by atoms with E-state index in [1.807, 2.05) is 27.7 Å². The largest absolute Gasteiger partial charge is 2.00 e. The minimum atomic E-state index is -0.885. The molecule has 4 nitrogen and oxygen atoms in total. The predicted octanol–water partition coefficient (Wildman–Crippen LogP) is 1.90. The molecule has 0 aromatic rings. The van der Waals surface area contributed by atoms with Crippen LogP contribution in [0, 0.1) is 11.8 Å². The summed E-state index contributed by atoms with van der Waals surface area (Å²) in [5.41, 5.74) is 0. The molecular formula is C16H30O4Zn. The molecule has 0 radical (unpaired) electrons. The Labute approximate surface area is 142 Å². The molecule has 0 aromatic heterocycles. The molecule has 0 atom stereocenters. The number of carboxylic acids is 2. The van der Waals surface area contributed by atoms with Crippen molar-refractivity contribution < 1.29 is 39.3 Å². The topological polar surface area (TPSA) is 80.3 Å². The molecule has 0 rings (SSSR count). The summed E-state index contributed by atoms with van der Waals surface area (Å²) < 4.78 is 0. The van der Waals surface area contributed by atoms with Crippen molar-refractivity contribution in [2.45, 2.75) is 79.1 Å². The van der Waals surface area contributed by atoms with Crippen molar-refractivity contribution in [1.29, 1.82) is 0 Å². The monoisotopic (exact) mass is 350 g/mol. The van der Waals surface area contributed by atoms with Gasteiger partial charge in [-0.1, -0.05) is 53.4 Å². The molecule has 0 fully saturated rings. The van der Waals surface area contributed by atoms with Crippen LogP contribution in [0.5, 0.6) is 0 Å². The zero-order valence-electron chi connectivity index (χ0n) is 14.2. The van der Waals surface area contributed by atoms with Crippen molar-refractivity contribution >= 4 is 11.9 Å². The second kappa shape index (κ2) is 17.6. The summed E-state index contributed by atoms with van der Waals surface area (Å²) in [7, 11) is 0. The smallest absolute Gasteiger partial charge is 0.550 e. The van der Waals surface area contributed by atoms with Gasteiger partial charge in [0, 0.05) is 11.9 Å². The number of carboxylic acid groups (broad SMARTS) is 2. The summed E-state index contributed by atoms with van der Waals surface area (Å²) >= 11 is 0. The first-order valence-electron chi connectivity index (χ1n) is 7.86. The first-order valence-corrected chi connectivity index (χ1v) is 7.86. The van der Waals surface area contributed by atoms with Crippen LogP contribution >= 0.6 is 0 Å². The van der Waals surface area contributed by atoms with E-state index in [1.54, 1.807) is 0 Å². The molecule has 0 aromatic carbocycles. The van der Waals surface area contributed by atoms with Gasteiger partial charge in [0.2, 0.25) is 0 Å². The van der Waals surface area contributed by atoms with Crippen molar-refractivity contribution in [1.82, 2.24) is 0 Å². The summed E-state index contributed by atoms with van der Waals surface area (Å²) in [6, 6.07) is 0. The summed E-state index contributed by atoms with van der Waals surface area (Å²) in [5, 5.41) is 20.7. The fourth-order valence-electron chi connectivity index (χ4n) is 2.15. The molecule has 0 spiro atoms. The number of aliphatic carboxylic acids is 2. The second-order valence-electron chi connectivity index (χ2n) is 5.19. The minimum absolute atomic E-state index is 0. The molecule has 21 heavy (non-hydrogen) atoms. The van der Waals surface area contributed by atoms with E-state index in [0.29, 0.717) is 0 Å². The fourth-order valence-corrected chi connectivity index (χ4v) is 2.15. The molecule has 0 aliphatic carbocycles. The Morgan fingerprint density at radius 2 is 0.857 bits per heavy atom. The van der Waals surface area contributed by atoms with Crippen LogP contribution in [0.25, 0.3) is 0 Å². The normalized spacial score (nSPS) is 9.81. The van der Waals surface area contributed by atoms with Crippen LogP contribution in [0.4, 0.5) is 0 Å². The van der Waals surface area contributed by atoms with Crippen LogP contribution in [0.15, 0.2) is 0 Å². The zero-order chi connectivity index (χ0) is 16.0. The predicted molar refractivity (Wildman–Crippen MR) is 76.6 cm³/mol. The van der Waals surface area contributed by atoms with E-state index in [2.05, 4.69) is 0 Å². The fraction of sp³-hybridized carbons (Fsp3) is 0.875. The maximum absolute atomic E-state index is 10.4. The Kier molecular flexibility index (Phi) is 21.4. The van der Waals surface area contributed by atoms with Crippen LogP contribution in [-0.4, -0.2) is 11.9 Å². The van der Waals surface area contributed by atoms with Crippen molar-refractivity contribution in [3.05, 3.63) is 0 Å². The van der Waals surface area contributed by atoms with Crippen molar-refractivity contribution in [3.63, 3.8) is 0 Å². The number of carbonyl (C=O) groups excluding carboxylic acids is 2. The van der Waals surface area contributed by atoms with Gasteiger partial charge < -0.3 is 19.8 Å². The third kappa shape index (κ3) is 15.8. The number of hydrogen-bond acceptors (Lipinski definition) is 4. The molecule has 5 heteroatoms. The van der Waals surface area contributed by atoms with Crippen LogP contribution < -0.4 is 10.2 Å². The van der Waals surface area contributed by atoms with Gasteiger partial charge in [0.1, 0.15) is 0 Å². The van der Waals surface area contributed by atoms with Crippen molar-refractivity contribution in [2.24, 2.45) is 11.8 Å². The molecule has 0 saturated carbocycles. The third-order valence-corrected chi connectivity index (χ3v) is 3.22. The molecule has 0 saturated heterocycles. The van der Waals surface area contributed by atoms with Crippen molar-refractivity contribution in [2.75, 3.05) is 0 Å². The van der Waals surface area contributed by atoms with Gasteiger partial charge in [0.15, 0.2) is 0 Å². The Bertz CT molecular complexity index is 219. The number of hydrogen-bond donors (Lipinski definition) is 0. The Balaban J connectivity index is -0.000000295. The van der Waals surface area contributed by atoms with Gasteiger partial charge in [0.05, 0.1) is 0 Å². The van der Waals surface area contributed by atoms with E-state index in [0.717, 1.165) is 51.4 Å². The van der Waals surface area contributed by atoms with Crippen LogP contribution in [0.1, 0.15) is 79.1 Å². The SMILES string of the molecule is CCCC(CCC)C(=O)[O-].CCCC(CCC)C(=O)[O-].[Zn+2]. The van der Waals surface area contributed by atoms with Gasteiger partial charge in [0.25, 0.3) is 0 Å². The van der Waals surface area contributed by atoms with Gasteiger partial charge in [-0.2, -0.15) is 0 Å². The molecule has 0 bridgehead atoms. The minimum Gasteiger partial charge on any atom is -0.550 e. The molecule has 0 unspecified atom stereocenters. The summed E-state index contributed by atoms with van der Waals surface area (Å²) in [6.45, 7) is 7.97. The average molecular weight is 352 g/mol. The number of rotatable bonds is 10. The van der Waals surface area contributed by atoms with Crippen LogP contribution in [0.3, 0.4) is 0 Å². The molecule has 0 heterocycles. The Morgan fingerprint density at radius 1 is 0.667 bits per heavy atom. The van der Waals surface area contributed by atoms with Gasteiger partial charge in [-0.15, -0.1) is 0 Å². The van der Waals surface area contributed by atoms with Crippen LogP contribution in [-0.2, 0) is 29.1 Å².